The topological polar surface area (TPSA) is 82.5 Å². The molecule has 2 aromatic heterocycles. The number of halogens is 3. The SMILES string of the molecule is Cc1ccc2c(n1)N(C)CCN(c1ncccn1)C2.O=C(O)C(F)(F)F. The van der Waals surface area contributed by atoms with Crippen molar-refractivity contribution in [2.24, 2.45) is 0 Å². The molecule has 3 heterocycles. The van der Waals surface area contributed by atoms with E-state index < -0.39 is 12.1 Å². The summed E-state index contributed by atoms with van der Waals surface area (Å²) < 4.78 is 31.7. The van der Waals surface area contributed by atoms with E-state index in [1.54, 1.807) is 12.4 Å². The summed E-state index contributed by atoms with van der Waals surface area (Å²) in [6, 6.07) is 6.05. The molecule has 0 saturated heterocycles. The van der Waals surface area contributed by atoms with Crippen LogP contribution in [0.15, 0.2) is 30.6 Å². The molecule has 140 valence electrons. The lowest BCUT2D eigenvalue weighted by Gasteiger charge is -2.20. The van der Waals surface area contributed by atoms with E-state index in [4.69, 9.17) is 9.90 Å². The van der Waals surface area contributed by atoms with E-state index in [9.17, 15) is 13.2 Å². The van der Waals surface area contributed by atoms with Gasteiger partial charge in [0, 0.05) is 50.3 Å². The molecule has 1 N–H and O–H groups in total. The van der Waals surface area contributed by atoms with Gasteiger partial charge in [-0.2, -0.15) is 13.2 Å². The molecule has 0 amide bonds. The van der Waals surface area contributed by atoms with Crippen molar-refractivity contribution in [1.29, 1.82) is 0 Å². The van der Waals surface area contributed by atoms with Gasteiger partial charge in [0.25, 0.3) is 0 Å². The maximum atomic E-state index is 10.6. The molecule has 0 spiro atoms. The van der Waals surface area contributed by atoms with E-state index in [1.807, 2.05) is 13.0 Å². The molecule has 0 saturated carbocycles. The summed E-state index contributed by atoms with van der Waals surface area (Å²) in [5, 5.41) is 7.12. The number of fused-ring (bicyclic) bond motifs is 1. The second-order valence-corrected chi connectivity index (χ2v) is 5.63. The second kappa shape index (κ2) is 7.98. The van der Waals surface area contributed by atoms with Crippen molar-refractivity contribution in [2.75, 3.05) is 29.9 Å². The highest BCUT2D eigenvalue weighted by molar-refractivity contribution is 5.73. The molecule has 0 fully saturated rings. The van der Waals surface area contributed by atoms with Crippen molar-refractivity contribution in [3.63, 3.8) is 0 Å². The van der Waals surface area contributed by atoms with Crippen molar-refractivity contribution in [3.05, 3.63) is 41.9 Å². The Labute approximate surface area is 148 Å². The van der Waals surface area contributed by atoms with E-state index >= 15 is 0 Å². The molecule has 10 heteroatoms. The molecule has 0 bridgehead atoms. The summed E-state index contributed by atoms with van der Waals surface area (Å²) in [5.74, 6) is -0.907. The molecule has 0 radical (unpaired) electrons. The van der Waals surface area contributed by atoms with Gasteiger partial charge in [-0.3, -0.25) is 0 Å². The number of hydrogen-bond acceptors (Lipinski definition) is 6. The minimum atomic E-state index is -5.08. The highest BCUT2D eigenvalue weighted by Crippen LogP contribution is 2.23. The average molecular weight is 369 g/mol. The Morgan fingerprint density at radius 1 is 1.19 bits per heavy atom. The Balaban J connectivity index is 0.000000298. The third-order valence-electron chi connectivity index (χ3n) is 3.60. The zero-order valence-electron chi connectivity index (χ0n) is 14.2. The molecular formula is C16H18F3N5O2. The average Bonchev–Trinajstić information content (AvgIpc) is 2.75. The number of carbonyl (C=O) groups is 1. The molecule has 1 aliphatic heterocycles. The zero-order chi connectivity index (χ0) is 19.3. The van der Waals surface area contributed by atoms with E-state index in [2.05, 4.69) is 43.9 Å². The third kappa shape index (κ3) is 5.04. The largest absolute Gasteiger partial charge is 0.490 e. The van der Waals surface area contributed by atoms with Gasteiger partial charge in [0.05, 0.1) is 0 Å². The fourth-order valence-corrected chi connectivity index (χ4v) is 2.31. The Kier molecular flexibility index (Phi) is 5.96. The summed E-state index contributed by atoms with van der Waals surface area (Å²) in [6.07, 6.45) is -1.52. The predicted molar refractivity (Wildman–Crippen MR) is 89.0 cm³/mol. The normalized spacial score (nSPS) is 14.0. The van der Waals surface area contributed by atoms with Crippen molar-refractivity contribution in [1.82, 2.24) is 15.0 Å². The number of pyridine rings is 1. The van der Waals surface area contributed by atoms with Crippen LogP contribution in [0.2, 0.25) is 0 Å². The number of likely N-dealkylation sites (N-methyl/N-ethyl adjacent to an activating group) is 1. The van der Waals surface area contributed by atoms with Gasteiger partial charge in [0.15, 0.2) is 0 Å². The number of anilines is 2. The first kappa shape index (κ1) is 19.4. The molecule has 1 aliphatic rings. The second-order valence-electron chi connectivity index (χ2n) is 5.63. The van der Waals surface area contributed by atoms with Crippen molar-refractivity contribution >= 4 is 17.7 Å². The molecule has 0 unspecified atom stereocenters. The fraction of sp³-hybridized carbons (Fsp3) is 0.375. The first-order valence-electron chi connectivity index (χ1n) is 7.68. The van der Waals surface area contributed by atoms with Crippen molar-refractivity contribution in [3.8, 4) is 0 Å². The number of aromatic nitrogens is 3. The van der Waals surface area contributed by atoms with Gasteiger partial charge in [-0.15, -0.1) is 0 Å². The van der Waals surface area contributed by atoms with E-state index in [-0.39, 0.29) is 0 Å². The fourth-order valence-electron chi connectivity index (χ4n) is 2.31. The highest BCUT2D eigenvalue weighted by atomic mass is 19.4. The van der Waals surface area contributed by atoms with E-state index in [0.717, 1.165) is 37.1 Å². The van der Waals surface area contributed by atoms with Gasteiger partial charge in [-0.1, -0.05) is 6.07 Å². The van der Waals surface area contributed by atoms with Crippen LogP contribution in [0, 0.1) is 6.92 Å². The number of nitrogens with zero attached hydrogens (tertiary/aromatic N) is 5. The van der Waals surface area contributed by atoms with Crippen LogP contribution in [0.1, 0.15) is 11.3 Å². The van der Waals surface area contributed by atoms with Crippen LogP contribution in [-0.4, -0.2) is 52.3 Å². The Morgan fingerprint density at radius 2 is 1.81 bits per heavy atom. The number of alkyl halides is 3. The minimum Gasteiger partial charge on any atom is -0.475 e. The maximum absolute atomic E-state index is 10.6. The maximum Gasteiger partial charge on any atom is 0.490 e. The van der Waals surface area contributed by atoms with Crippen LogP contribution in [0.4, 0.5) is 24.9 Å². The Bertz CT molecular complexity index is 755. The number of rotatable bonds is 1. The lowest BCUT2D eigenvalue weighted by molar-refractivity contribution is -0.192. The van der Waals surface area contributed by atoms with Gasteiger partial charge in [0.2, 0.25) is 5.95 Å². The summed E-state index contributed by atoms with van der Waals surface area (Å²) >= 11 is 0. The van der Waals surface area contributed by atoms with Crippen LogP contribution >= 0.6 is 0 Å². The number of carboxylic acids is 1. The monoisotopic (exact) mass is 369 g/mol. The molecule has 0 atom stereocenters. The first-order chi connectivity index (χ1) is 12.2. The molecule has 26 heavy (non-hydrogen) atoms. The van der Waals surface area contributed by atoms with Gasteiger partial charge in [-0.25, -0.2) is 19.7 Å². The van der Waals surface area contributed by atoms with Gasteiger partial charge >= 0.3 is 12.1 Å². The number of aliphatic carboxylic acids is 1. The van der Waals surface area contributed by atoms with Gasteiger partial charge in [0.1, 0.15) is 5.82 Å². The van der Waals surface area contributed by atoms with Gasteiger partial charge in [-0.05, 0) is 19.1 Å². The summed E-state index contributed by atoms with van der Waals surface area (Å²) in [7, 11) is 2.08. The number of aryl methyl sites for hydroxylation is 1. The van der Waals surface area contributed by atoms with E-state index in [1.165, 1.54) is 5.56 Å². The smallest absolute Gasteiger partial charge is 0.475 e. The summed E-state index contributed by atoms with van der Waals surface area (Å²) in [4.78, 5) is 26.6. The Hall–Kier alpha value is -2.91. The molecule has 0 aromatic carbocycles. The summed E-state index contributed by atoms with van der Waals surface area (Å²) in [5.41, 5.74) is 2.27. The molecular weight excluding hydrogens is 351 g/mol. The summed E-state index contributed by atoms with van der Waals surface area (Å²) in [6.45, 7) is 4.64. The van der Waals surface area contributed by atoms with Crippen LogP contribution < -0.4 is 9.80 Å². The van der Waals surface area contributed by atoms with Crippen LogP contribution in [0.3, 0.4) is 0 Å². The minimum absolute atomic E-state index is 0.782. The lowest BCUT2D eigenvalue weighted by Crippen LogP contribution is -2.30. The third-order valence-corrected chi connectivity index (χ3v) is 3.60. The quantitative estimate of drug-likeness (QED) is 0.826. The number of carboxylic acid groups (broad SMARTS) is 1. The lowest BCUT2D eigenvalue weighted by atomic mass is 10.2. The molecule has 0 aliphatic carbocycles. The van der Waals surface area contributed by atoms with Gasteiger partial charge < -0.3 is 14.9 Å². The standard InChI is InChI=1S/C14H17N5.C2HF3O2/c1-11-4-5-12-10-19(14-15-6-3-7-16-14)9-8-18(2)13(12)17-11;3-2(4,5)1(6)7/h3-7H,8-10H2,1-2H3;(H,6,7). The first-order valence-corrected chi connectivity index (χ1v) is 7.68. The van der Waals surface area contributed by atoms with Crippen LogP contribution in [0.25, 0.3) is 0 Å². The van der Waals surface area contributed by atoms with E-state index in [0.29, 0.717) is 0 Å². The number of hydrogen-bond donors (Lipinski definition) is 1. The van der Waals surface area contributed by atoms with Crippen LogP contribution in [-0.2, 0) is 11.3 Å². The van der Waals surface area contributed by atoms with Crippen molar-refractivity contribution in [2.45, 2.75) is 19.6 Å². The Morgan fingerprint density at radius 3 is 2.38 bits per heavy atom. The molecule has 7 nitrogen and oxygen atoms in total. The molecule has 2 aromatic rings. The highest BCUT2D eigenvalue weighted by Gasteiger charge is 2.38. The molecule has 3 rings (SSSR count). The van der Waals surface area contributed by atoms with Crippen molar-refractivity contribution < 1.29 is 23.1 Å². The zero-order valence-corrected chi connectivity index (χ0v) is 14.2. The van der Waals surface area contributed by atoms with Crippen LogP contribution in [0.5, 0.6) is 0 Å². The predicted octanol–water partition coefficient (Wildman–Crippen LogP) is 2.27.